The first-order valence-corrected chi connectivity index (χ1v) is 10.5. The van der Waals surface area contributed by atoms with Gasteiger partial charge in [0.1, 0.15) is 11.6 Å². The molecule has 2 aromatic heterocycles. The summed E-state index contributed by atoms with van der Waals surface area (Å²) >= 11 is 9.81. The second-order valence-electron chi connectivity index (χ2n) is 6.55. The van der Waals surface area contributed by atoms with Crippen LogP contribution in [0.15, 0.2) is 65.3 Å². The Morgan fingerprint density at radius 2 is 1.90 bits per heavy atom. The highest BCUT2D eigenvalue weighted by molar-refractivity contribution is 9.10. The van der Waals surface area contributed by atoms with Crippen LogP contribution in [0.3, 0.4) is 0 Å². The van der Waals surface area contributed by atoms with Crippen molar-refractivity contribution in [1.82, 2.24) is 19.9 Å². The maximum Gasteiger partial charge on any atom is 0.319 e. The third-order valence-electron chi connectivity index (χ3n) is 4.40. The summed E-state index contributed by atoms with van der Waals surface area (Å²) < 4.78 is 15.4. The molecule has 2 aromatic carbocycles. The lowest BCUT2D eigenvalue weighted by atomic mass is 10.1. The van der Waals surface area contributed by atoms with E-state index < -0.39 is 0 Å². The van der Waals surface area contributed by atoms with Gasteiger partial charge < -0.3 is 16.0 Å². The second-order valence-corrected chi connectivity index (χ2v) is 7.81. The third-order valence-corrected chi connectivity index (χ3v) is 5.29. The van der Waals surface area contributed by atoms with E-state index in [9.17, 15) is 9.18 Å². The highest BCUT2D eigenvalue weighted by Gasteiger charge is 2.13. The Morgan fingerprint density at radius 3 is 2.68 bits per heavy atom. The van der Waals surface area contributed by atoms with Crippen molar-refractivity contribution < 1.29 is 9.18 Å². The molecule has 7 nitrogen and oxygen atoms in total. The predicted molar refractivity (Wildman–Crippen MR) is 123 cm³/mol. The van der Waals surface area contributed by atoms with Gasteiger partial charge in [-0.25, -0.2) is 14.2 Å². The van der Waals surface area contributed by atoms with Gasteiger partial charge in [-0.05, 0) is 46.3 Å². The van der Waals surface area contributed by atoms with Crippen molar-refractivity contribution in [1.29, 1.82) is 0 Å². The summed E-state index contributed by atoms with van der Waals surface area (Å²) in [4.78, 5) is 16.7. The van der Waals surface area contributed by atoms with E-state index in [4.69, 9.17) is 11.6 Å². The van der Waals surface area contributed by atoms with Crippen LogP contribution in [-0.2, 0) is 0 Å². The lowest BCUT2D eigenvalue weighted by Gasteiger charge is -2.12. The van der Waals surface area contributed by atoms with Gasteiger partial charge in [-0.3, -0.25) is 0 Å². The summed E-state index contributed by atoms with van der Waals surface area (Å²) in [6.45, 7) is 0.788. The number of anilines is 2. The molecule has 2 heterocycles. The van der Waals surface area contributed by atoms with Crippen molar-refractivity contribution in [2.45, 2.75) is 0 Å². The van der Waals surface area contributed by atoms with Gasteiger partial charge in [0.15, 0.2) is 5.65 Å². The van der Waals surface area contributed by atoms with Gasteiger partial charge in [0.25, 0.3) is 0 Å². The largest absolute Gasteiger partial charge is 0.368 e. The topological polar surface area (TPSA) is 83.3 Å². The Hall–Kier alpha value is -3.17. The predicted octanol–water partition coefficient (Wildman–Crippen LogP) is 5.18. The summed E-state index contributed by atoms with van der Waals surface area (Å²) in [7, 11) is 0. The Balaban J connectivity index is 1.44. The van der Waals surface area contributed by atoms with Crippen molar-refractivity contribution in [3.63, 3.8) is 0 Å². The molecule has 0 atom stereocenters. The molecule has 0 fully saturated rings. The summed E-state index contributed by atoms with van der Waals surface area (Å²) in [6.07, 6.45) is 1.66. The molecule has 0 aliphatic rings. The quantitative estimate of drug-likeness (QED) is 0.316. The minimum atomic E-state index is -0.383. The van der Waals surface area contributed by atoms with Crippen LogP contribution in [0, 0.1) is 5.82 Å². The van der Waals surface area contributed by atoms with Crippen LogP contribution in [0.25, 0.3) is 16.9 Å². The number of carbonyl (C=O) groups is 1. The maximum absolute atomic E-state index is 12.9. The molecule has 2 amide bonds. The van der Waals surface area contributed by atoms with Gasteiger partial charge >= 0.3 is 6.03 Å². The van der Waals surface area contributed by atoms with E-state index in [2.05, 4.69) is 42.0 Å². The van der Waals surface area contributed by atoms with Crippen molar-refractivity contribution in [2.75, 3.05) is 23.7 Å². The lowest BCUT2D eigenvalue weighted by molar-refractivity contribution is 0.252. The molecule has 0 unspecified atom stereocenters. The first kappa shape index (κ1) is 21.1. The molecule has 0 radical (unpaired) electrons. The van der Waals surface area contributed by atoms with Crippen molar-refractivity contribution in [2.24, 2.45) is 0 Å². The van der Waals surface area contributed by atoms with Crippen molar-refractivity contribution in [3.8, 4) is 11.3 Å². The third kappa shape index (κ3) is 4.95. The number of nitrogens with zero attached hydrogens (tertiary/aromatic N) is 3. The number of nitrogens with one attached hydrogen (secondary N) is 3. The zero-order chi connectivity index (χ0) is 21.8. The fourth-order valence-electron chi connectivity index (χ4n) is 2.94. The zero-order valence-corrected chi connectivity index (χ0v) is 18.4. The average molecular weight is 504 g/mol. The number of amides is 2. The number of carbonyl (C=O) groups excluding carboxylic acids is 1. The minimum Gasteiger partial charge on any atom is -0.368 e. The van der Waals surface area contributed by atoms with E-state index in [0.29, 0.717) is 41.0 Å². The summed E-state index contributed by atoms with van der Waals surface area (Å²) in [5.41, 5.74) is 2.65. The van der Waals surface area contributed by atoms with Gasteiger partial charge in [0.2, 0.25) is 0 Å². The molecule has 10 heteroatoms. The molecular formula is C21H17BrClFN6O. The van der Waals surface area contributed by atoms with Crippen LogP contribution in [0.2, 0.25) is 5.02 Å². The van der Waals surface area contributed by atoms with Gasteiger partial charge in [0, 0.05) is 35.4 Å². The number of aromatic nitrogens is 3. The monoisotopic (exact) mass is 502 g/mol. The molecule has 3 N–H and O–H groups in total. The molecule has 4 rings (SSSR count). The van der Waals surface area contributed by atoms with E-state index >= 15 is 0 Å². The number of rotatable bonds is 6. The fraction of sp³-hybridized carbons (Fsp3) is 0.0952. The number of urea groups is 1. The number of hydrogen-bond donors (Lipinski definition) is 3. The molecule has 0 saturated carbocycles. The number of benzene rings is 2. The standard InChI is InChI=1S/C21H17BrClFN6O/c22-16-12-27-30-19(11-18(29-20(16)30)15-3-1-2-4-17(15)23)25-9-10-26-21(31)28-14-7-5-13(24)6-8-14/h1-8,11-12,25H,9-10H2,(H2,26,28,31). The second kappa shape index (κ2) is 9.32. The molecule has 4 aromatic rings. The SMILES string of the molecule is O=C(NCCNc1cc(-c2ccccc2Cl)nc2c(Br)cnn12)Nc1ccc(F)cc1. The Morgan fingerprint density at radius 1 is 1.13 bits per heavy atom. The zero-order valence-electron chi connectivity index (χ0n) is 16.1. The molecule has 0 spiro atoms. The highest BCUT2D eigenvalue weighted by Crippen LogP contribution is 2.30. The molecule has 158 valence electrons. The Bertz CT molecular complexity index is 1230. The fourth-order valence-corrected chi connectivity index (χ4v) is 3.52. The molecule has 0 saturated heterocycles. The van der Waals surface area contributed by atoms with Gasteiger partial charge in [0.05, 0.1) is 16.4 Å². The minimum absolute atomic E-state index is 0.348. The van der Waals surface area contributed by atoms with Gasteiger partial charge in [-0.15, -0.1) is 0 Å². The first-order valence-electron chi connectivity index (χ1n) is 9.35. The molecule has 31 heavy (non-hydrogen) atoms. The normalized spacial score (nSPS) is 10.8. The Kier molecular flexibility index (Phi) is 6.34. The van der Waals surface area contributed by atoms with Crippen LogP contribution in [0.5, 0.6) is 0 Å². The first-order chi connectivity index (χ1) is 15.0. The number of fused-ring (bicyclic) bond motifs is 1. The van der Waals surface area contributed by atoms with Crippen LogP contribution in [0.4, 0.5) is 20.7 Å². The molecule has 0 aliphatic heterocycles. The highest BCUT2D eigenvalue weighted by atomic mass is 79.9. The van der Waals surface area contributed by atoms with Crippen molar-refractivity contribution >= 4 is 50.7 Å². The van der Waals surface area contributed by atoms with Crippen LogP contribution < -0.4 is 16.0 Å². The van der Waals surface area contributed by atoms with E-state index in [1.807, 2.05) is 30.3 Å². The van der Waals surface area contributed by atoms with Gasteiger partial charge in [-0.1, -0.05) is 29.8 Å². The molecular weight excluding hydrogens is 487 g/mol. The number of hydrogen-bond acceptors (Lipinski definition) is 4. The average Bonchev–Trinajstić information content (AvgIpc) is 3.14. The molecule has 0 aliphatic carbocycles. The summed E-state index contributed by atoms with van der Waals surface area (Å²) in [5, 5.41) is 13.6. The van der Waals surface area contributed by atoms with Crippen LogP contribution in [0.1, 0.15) is 0 Å². The van der Waals surface area contributed by atoms with Crippen LogP contribution in [-0.4, -0.2) is 33.7 Å². The van der Waals surface area contributed by atoms with Crippen molar-refractivity contribution in [3.05, 3.63) is 76.1 Å². The van der Waals surface area contributed by atoms with Crippen LogP contribution >= 0.6 is 27.5 Å². The summed E-state index contributed by atoms with van der Waals surface area (Å²) in [5.74, 6) is 0.339. The van der Waals surface area contributed by atoms with E-state index in [1.165, 1.54) is 24.3 Å². The van der Waals surface area contributed by atoms with Gasteiger partial charge in [-0.2, -0.15) is 9.61 Å². The maximum atomic E-state index is 12.9. The van der Waals surface area contributed by atoms with E-state index in [-0.39, 0.29) is 11.8 Å². The smallest absolute Gasteiger partial charge is 0.319 e. The lowest BCUT2D eigenvalue weighted by Crippen LogP contribution is -2.32. The summed E-state index contributed by atoms with van der Waals surface area (Å²) in [6, 6.07) is 14.5. The van der Waals surface area contributed by atoms with E-state index in [0.717, 1.165) is 10.0 Å². The molecule has 0 bridgehead atoms. The number of halogens is 3. The Labute approximate surface area is 190 Å². The van der Waals surface area contributed by atoms with E-state index in [1.54, 1.807) is 10.7 Å².